The van der Waals surface area contributed by atoms with Crippen LogP contribution in [0.25, 0.3) is 0 Å². The Hall–Kier alpha value is -1.08. The van der Waals surface area contributed by atoms with Crippen molar-refractivity contribution in [2.75, 3.05) is 19.6 Å². The summed E-state index contributed by atoms with van der Waals surface area (Å²) in [6, 6.07) is 9.25. The zero-order valence-electron chi connectivity index (χ0n) is 14.2. The molecule has 0 N–H and O–H groups in total. The monoisotopic (exact) mass is 307 g/mol. The Labute approximate surface area is 140 Å². The molecule has 4 aliphatic rings. The first-order valence-corrected chi connectivity index (χ1v) is 9.81. The van der Waals surface area contributed by atoms with E-state index in [1.165, 1.54) is 64.6 Å². The first-order valence-electron chi connectivity index (χ1n) is 9.81. The van der Waals surface area contributed by atoms with Crippen LogP contribution >= 0.6 is 0 Å². The van der Waals surface area contributed by atoms with E-state index in [0.29, 0.717) is 5.41 Å². The van der Waals surface area contributed by atoms with Crippen molar-refractivity contribution in [1.82, 2.24) is 4.90 Å². The van der Waals surface area contributed by atoms with Crippen LogP contribution in [0.1, 0.15) is 49.7 Å². The highest BCUT2D eigenvalue weighted by atomic mass is 15.1. The van der Waals surface area contributed by atoms with Gasteiger partial charge in [0.15, 0.2) is 0 Å². The van der Waals surface area contributed by atoms with Crippen LogP contribution in [0.15, 0.2) is 36.4 Å². The van der Waals surface area contributed by atoms with Crippen molar-refractivity contribution in [3.05, 3.63) is 47.5 Å². The summed E-state index contributed by atoms with van der Waals surface area (Å²) in [7, 11) is 0. The zero-order valence-corrected chi connectivity index (χ0v) is 14.2. The van der Waals surface area contributed by atoms with Crippen molar-refractivity contribution in [3.8, 4) is 0 Å². The third-order valence-corrected chi connectivity index (χ3v) is 7.52. The van der Waals surface area contributed by atoms with Gasteiger partial charge in [-0.2, -0.15) is 0 Å². The molecule has 1 saturated carbocycles. The molecule has 0 bridgehead atoms. The maximum atomic E-state index is 2.79. The van der Waals surface area contributed by atoms with Gasteiger partial charge in [-0.25, -0.2) is 0 Å². The normalized spacial score (nSPS) is 34.9. The van der Waals surface area contributed by atoms with Gasteiger partial charge in [0.25, 0.3) is 0 Å². The van der Waals surface area contributed by atoms with Crippen LogP contribution in [-0.2, 0) is 11.8 Å². The number of allylic oxidation sites excluding steroid dienone is 2. The van der Waals surface area contributed by atoms with Crippen molar-refractivity contribution in [1.29, 1.82) is 0 Å². The van der Waals surface area contributed by atoms with Crippen molar-refractivity contribution in [2.45, 2.75) is 50.4 Å². The summed E-state index contributed by atoms with van der Waals surface area (Å²) in [5.74, 6) is 2.91. The fourth-order valence-electron chi connectivity index (χ4n) is 6.06. The van der Waals surface area contributed by atoms with E-state index in [1.54, 1.807) is 11.1 Å². The minimum atomic E-state index is 0.528. The molecule has 1 saturated heterocycles. The first-order chi connectivity index (χ1) is 11.3. The van der Waals surface area contributed by atoms with Crippen LogP contribution in [0.3, 0.4) is 0 Å². The average molecular weight is 307 g/mol. The molecule has 0 radical (unpaired) electrons. The fourth-order valence-corrected chi connectivity index (χ4v) is 6.06. The highest BCUT2D eigenvalue weighted by molar-refractivity contribution is 5.39. The molecule has 122 valence electrons. The summed E-state index contributed by atoms with van der Waals surface area (Å²) in [4.78, 5) is 2.79. The van der Waals surface area contributed by atoms with Gasteiger partial charge in [0, 0.05) is 6.54 Å². The average Bonchev–Trinajstić information content (AvgIpc) is 2.94. The van der Waals surface area contributed by atoms with Crippen molar-refractivity contribution in [2.24, 2.45) is 17.8 Å². The Morgan fingerprint density at radius 1 is 1.09 bits per heavy atom. The smallest absolute Gasteiger partial charge is 0.00155 e. The van der Waals surface area contributed by atoms with E-state index in [1.807, 2.05) is 0 Å². The van der Waals surface area contributed by atoms with E-state index < -0.39 is 0 Å². The molecule has 23 heavy (non-hydrogen) atoms. The summed E-state index contributed by atoms with van der Waals surface area (Å²) in [6.45, 7) is 4.01. The van der Waals surface area contributed by atoms with Crippen LogP contribution < -0.4 is 0 Å². The number of fused-ring (bicyclic) bond motifs is 3. The molecule has 1 aliphatic heterocycles. The Kier molecular flexibility index (Phi) is 3.40. The highest BCUT2D eigenvalue weighted by Gasteiger charge is 2.44. The fraction of sp³-hybridized carbons (Fsp3) is 0.636. The standard InChI is InChI=1S/C22H29N/c1-3-7-20-18(6-1)15-19(20)16-23-13-11-22(12-14-23)10-9-17-5-2-4-8-21(17)22/h2-5,7-8,18-20H,1,6,9-16H2/t18?,19-,20+/m1/s1. The molecule has 2 fully saturated rings. The lowest BCUT2D eigenvalue weighted by molar-refractivity contribution is 0.0426. The number of rotatable bonds is 2. The second-order valence-corrected chi connectivity index (χ2v) is 8.58. The number of likely N-dealkylation sites (tertiary alicyclic amines) is 1. The Morgan fingerprint density at radius 3 is 2.83 bits per heavy atom. The Balaban J connectivity index is 1.22. The molecule has 1 heteroatoms. The molecule has 3 atom stereocenters. The summed E-state index contributed by atoms with van der Waals surface area (Å²) in [6.07, 6.45) is 14.8. The quantitative estimate of drug-likeness (QED) is 0.724. The number of piperidine rings is 1. The number of aryl methyl sites for hydroxylation is 1. The van der Waals surface area contributed by atoms with Gasteiger partial charge >= 0.3 is 0 Å². The van der Waals surface area contributed by atoms with Gasteiger partial charge in [-0.3, -0.25) is 0 Å². The van der Waals surface area contributed by atoms with Crippen LogP contribution in [0.4, 0.5) is 0 Å². The van der Waals surface area contributed by atoms with Crippen LogP contribution in [0.5, 0.6) is 0 Å². The number of nitrogens with zero attached hydrogens (tertiary/aromatic N) is 1. The predicted molar refractivity (Wildman–Crippen MR) is 95.6 cm³/mol. The van der Waals surface area contributed by atoms with E-state index in [-0.39, 0.29) is 0 Å². The minimum absolute atomic E-state index is 0.528. The molecule has 0 amide bonds. The molecule has 1 heterocycles. The lowest BCUT2D eigenvalue weighted by Gasteiger charge is -2.49. The van der Waals surface area contributed by atoms with Crippen LogP contribution in [-0.4, -0.2) is 24.5 Å². The van der Waals surface area contributed by atoms with Gasteiger partial charge in [-0.05, 0) is 92.3 Å². The Morgan fingerprint density at radius 2 is 1.96 bits per heavy atom. The van der Waals surface area contributed by atoms with Gasteiger partial charge in [0.1, 0.15) is 0 Å². The lowest BCUT2D eigenvalue weighted by atomic mass is 9.61. The van der Waals surface area contributed by atoms with Gasteiger partial charge in [0.05, 0.1) is 0 Å². The largest absolute Gasteiger partial charge is 0.303 e. The van der Waals surface area contributed by atoms with E-state index >= 15 is 0 Å². The topological polar surface area (TPSA) is 3.24 Å². The van der Waals surface area contributed by atoms with E-state index in [2.05, 4.69) is 41.3 Å². The highest BCUT2D eigenvalue weighted by Crippen LogP contribution is 2.49. The van der Waals surface area contributed by atoms with Crippen LogP contribution in [0, 0.1) is 17.8 Å². The predicted octanol–water partition coefficient (Wildman–Crippen LogP) is 4.57. The minimum Gasteiger partial charge on any atom is -0.303 e. The van der Waals surface area contributed by atoms with Gasteiger partial charge in [-0.15, -0.1) is 0 Å². The molecule has 3 aliphatic carbocycles. The summed E-state index contributed by atoms with van der Waals surface area (Å²) < 4.78 is 0. The number of hydrogen-bond donors (Lipinski definition) is 0. The molecule has 1 aromatic carbocycles. The molecule has 1 spiro atoms. The van der Waals surface area contributed by atoms with Gasteiger partial charge in [-0.1, -0.05) is 36.4 Å². The van der Waals surface area contributed by atoms with Crippen LogP contribution in [0.2, 0.25) is 0 Å². The van der Waals surface area contributed by atoms with E-state index in [0.717, 1.165) is 17.8 Å². The lowest BCUT2D eigenvalue weighted by Crippen LogP contribution is -2.48. The first kappa shape index (κ1) is 14.3. The molecule has 1 unspecified atom stereocenters. The summed E-state index contributed by atoms with van der Waals surface area (Å²) >= 11 is 0. The van der Waals surface area contributed by atoms with Crippen molar-refractivity contribution < 1.29 is 0 Å². The molecular weight excluding hydrogens is 278 g/mol. The van der Waals surface area contributed by atoms with Crippen molar-refractivity contribution in [3.63, 3.8) is 0 Å². The maximum Gasteiger partial charge on any atom is 0.00155 e. The second-order valence-electron chi connectivity index (χ2n) is 8.58. The molecule has 0 aromatic heterocycles. The number of hydrogen-bond acceptors (Lipinski definition) is 1. The molecule has 1 aromatic rings. The summed E-state index contributed by atoms with van der Waals surface area (Å²) in [5, 5.41) is 0. The van der Waals surface area contributed by atoms with Gasteiger partial charge in [0.2, 0.25) is 0 Å². The third-order valence-electron chi connectivity index (χ3n) is 7.52. The zero-order chi connectivity index (χ0) is 15.3. The van der Waals surface area contributed by atoms with Crippen molar-refractivity contribution >= 4 is 0 Å². The SMILES string of the molecule is C1=C[C@H]2C(CC1)C[C@@H]2CN1CCC2(CCc3ccccc32)CC1. The summed E-state index contributed by atoms with van der Waals surface area (Å²) in [5.41, 5.74) is 3.86. The second kappa shape index (κ2) is 5.48. The van der Waals surface area contributed by atoms with Gasteiger partial charge < -0.3 is 4.90 Å². The molecule has 5 rings (SSSR count). The molecule has 1 nitrogen and oxygen atoms in total. The third kappa shape index (κ3) is 2.31. The van der Waals surface area contributed by atoms with E-state index in [9.17, 15) is 0 Å². The molecular formula is C22H29N. The Bertz CT molecular complexity index is 608. The number of benzene rings is 1. The van der Waals surface area contributed by atoms with E-state index in [4.69, 9.17) is 0 Å². The maximum absolute atomic E-state index is 2.79.